The quantitative estimate of drug-likeness (QED) is 0.832. The average Bonchev–Trinajstić information content (AvgIpc) is 2.48. The maximum atomic E-state index is 5.48. The molecule has 20 heavy (non-hydrogen) atoms. The van der Waals surface area contributed by atoms with Crippen LogP contribution in [0.3, 0.4) is 0 Å². The molecule has 1 saturated heterocycles. The lowest BCUT2D eigenvalue weighted by Crippen LogP contribution is -2.33. The van der Waals surface area contributed by atoms with Gasteiger partial charge in [-0.2, -0.15) is 0 Å². The molecule has 2 heteroatoms. The molecular weight excluding hydrogens is 246 g/mol. The van der Waals surface area contributed by atoms with Crippen LogP contribution in [0.5, 0.6) is 5.75 Å². The number of hydrogen-bond acceptors (Lipinski definition) is 2. The zero-order chi connectivity index (χ0) is 13.9. The van der Waals surface area contributed by atoms with Crippen LogP contribution in [-0.2, 0) is 6.54 Å². The van der Waals surface area contributed by atoms with E-state index in [1.165, 1.54) is 42.3 Å². The number of hydrogen-bond donors (Lipinski definition) is 0. The minimum absolute atomic E-state index is 0.827. The van der Waals surface area contributed by atoms with Crippen molar-refractivity contribution >= 4 is 10.8 Å². The number of ether oxygens (including phenoxy) is 1. The molecule has 1 unspecified atom stereocenters. The van der Waals surface area contributed by atoms with Gasteiger partial charge in [-0.05, 0) is 42.3 Å². The third-order valence-electron chi connectivity index (χ3n) is 4.33. The highest BCUT2D eigenvalue weighted by molar-refractivity contribution is 5.91. The summed E-state index contributed by atoms with van der Waals surface area (Å²) in [5.74, 6) is 1.80. The van der Waals surface area contributed by atoms with E-state index in [0.717, 1.165) is 18.2 Å². The molecule has 1 aliphatic heterocycles. The lowest BCUT2D eigenvalue weighted by atomic mass is 9.98. The highest BCUT2D eigenvalue weighted by atomic mass is 16.5. The molecule has 0 spiro atoms. The molecule has 2 nitrogen and oxygen atoms in total. The van der Waals surface area contributed by atoms with Gasteiger partial charge >= 0.3 is 0 Å². The fraction of sp³-hybridized carbons (Fsp3) is 0.444. The van der Waals surface area contributed by atoms with E-state index in [1.54, 1.807) is 7.11 Å². The topological polar surface area (TPSA) is 12.5 Å². The standard InChI is InChI=1S/C18H23NO/c1-14-6-5-11-19(12-14)13-15-9-10-18(20-2)17-8-4-3-7-16(15)17/h3-4,7-10,14H,5-6,11-13H2,1-2H3. The number of piperidine rings is 1. The Bertz CT molecular complexity index is 593. The van der Waals surface area contributed by atoms with Gasteiger partial charge in [-0.3, -0.25) is 4.90 Å². The Morgan fingerprint density at radius 2 is 1.95 bits per heavy atom. The van der Waals surface area contributed by atoms with E-state index in [4.69, 9.17) is 4.74 Å². The molecule has 0 aliphatic carbocycles. The second kappa shape index (κ2) is 5.84. The fourth-order valence-corrected chi connectivity index (χ4v) is 3.32. The number of likely N-dealkylation sites (tertiary alicyclic amines) is 1. The Hall–Kier alpha value is -1.54. The van der Waals surface area contributed by atoms with Crippen molar-refractivity contribution in [2.24, 2.45) is 5.92 Å². The van der Waals surface area contributed by atoms with Gasteiger partial charge in [0.2, 0.25) is 0 Å². The van der Waals surface area contributed by atoms with Crippen molar-refractivity contribution in [1.29, 1.82) is 0 Å². The Labute approximate surface area is 121 Å². The lowest BCUT2D eigenvalue weighted by Gasteiger charge is -2.31. The predicted molar refractivity (Wildman–Crippen MR) is 84.2 cm³/mol. The molecule has 1 heterocycles. The van der Waals surface area contributed by atoms with Crippen LogP contribution in [0.25, 0.3) is 10.8 Å². The van der Waals surface area contributed by atoms with E-state index < -0.39 is 0 Å². The van der Waals surface area contributed by atoms with Crippen LogP contribution in [0, 0.1) is 5.92 Å². The molecule has 3 rings (SSSR count). The zero-order valence-electron chi connectivity index (χ0n) is 12.4. The second-order valence-corrected chi connectivity index (χ2v) is 5.96. The molecule has 1 fully saturated rings. The summed E-state index contributed by atoms with van der Waals surface area (Å²) in [5.41, 5.74) is 1.41. The SMILES string of the molecule is COc1ccc(CN2CCCC(C)C2)c2ccccc12. The third kappa shape index (κ3) is 2.66. The molecule has 0 N–H and O–H groups in total. The van der Waals surface area contributed by atoms with Crippen molar-refractivity contribution in [3.05, 3.63) is 42.0 Å². The van der Waals surface area contributed by atoms with Crippen LogP contribution >= 0.6 is 0 Å². The number of nitrogens with zero attached hydrogens (tertiary/aromatic N) is 1. The predicted octanol–water partition coefficient (Wildman–Crippen LogP) is 4.08. The maximum absolute atomic E-state index is 5.48. The smallest absolute Gasteiger partial charge is 0.126 e. The van der Waals surface area contributed by atoms with Crippen molar-refractivity contribution in [3.8, 4) is 5.75 Å². The van der Waals surface area contributed by atoms with Gasteiger partial charge in [-0.1, -0.05) is 37.3 Å². The first kappa shape index (κ1) is 13.4. The van der Waals surface area contributed by atoms with Crippen molar-refractivity contribution in [3.63, 3.8) is 0 Å². The third-order valence-corrected chi connectivity index (χ3v) is 4.33. The Kier molecular flexibility index (Phi) is 3.93. The normalized spacial score (nSPS) is 20.2. The van der Waals surface area contributed by atoms with E-state index in [0.29, 0.717) is 0 Å². The molecule has 106 valence electrons. The van der Waals surface area contributed by atoms with E-state index in [-0.39, 0.29) is 0 Å². The highest BCUT2D eigenvalue weighted by Gasteiger charge is 2.17. The van der Waals surface area contributed by atoms with Crippen molar-refractivity contribution in [1.82, 2.24) is 4.90 Å². The van der Waals surface area contributed by atoms with E-state index in [9.17, 15) is 0 Å². The zero-order valence-corrected chi connectivity index (χ0v) is 12.4. The monoisotopic (exact) mass is 269 g/mol. The molecule has 2 aromatic rings. The van der Waals surface area contributed by atoms with Crippen LogP contribution in [0.4, 0.5) is 0 Å². The molecule has 0 saturated carbocycles. The number of methoxy groups -OCH3 is 1. The summed E-state index contributed by atoms with van der Waals surface area (Å²) < 4.78 is 5.48. The molecule has 1 atom stereocenters. The first-order chi connectivity index (χ1) is 9.78. The summed E-state index contributed by atoms with van der Waals surface area (Å²) in [7, 11) is 1.74. The van der Waals surface area contributed by atoms with Crippen LogP contribution in [-0.4, -0.2) is 25.1 Å². The summed E-state index contributed by atoms with van der Waals surface area (Å²) >= 11 is 0. The summed E-state index contributed by atoms with van der Waals surface area (Å²) in [6.45, 7) is 5.86. The minimum Gasteiger partial charge on any atom is -0.496 e. The Morgan fingerprint density at radius 1 is 1.15 bits per heavy atom. The van der Waals surface area contributed by atoms with Gasteiger partial charge in [0.15, 0.2) is 0 Å². The summed E-state index contributed by atoms with van der Waals surface area (Å²) in [4.78, 5) is 2.59. The molecule has 0 aromatic heterocycles. The van der Waals surface area contributed by atoms with Crippen LogP contribution in [0.2, 0.25) is 0 Å². The van der Waals surface area contributed by atoms with Crippen LogP contribution in [0.15, 0.2) is 36.4 Å². The van der Waals surface area contributed by atoms with Crippen LogP contribution < -0.4 is 4.74 Å². The van der Waals surface area contributed by atoms with E-state index in [1.807, 2.05) is 0 Å². The summed E-state index contributed by atoms with van der Waals surface area (Å²) in [6.07, 6.45) is 2.70. The molecule has 1 aliphatic rings. The molecule has 0 radical (unpaired) electrons. The van der Waals surface area contributed by atoms with Gasteiger partial charge in [0.05, 0.1) is 7.11 Å². The van der Waals surface area contributed by atoms with Crippen molar-refractivity contribution in [2.45, 2.75) is 26.3 Å². The van der Waals surface area contributed by atoms with Gasteiger partial charge in [0, 0.05) is 18.5 Å². The van der Waals surface area contributed by atoms with Crippen molar-refractivity contribution in [2.75, 3.05) is 20.2 Å². The largest absolute Gasteiger partial charge is 0.496 e. The van der Waals surface area contributed by atoms with E-state index >= 15 is 0 Å². The number of benzene rings is 2. The van der Waals surface area contributed by atoms with Gasteiger partial charge in [0.1, 0.15) is 5.75 Å². The van der Waals surface area contributed by atoms with Gasteiger partial charge in [-0.25, -0.2) is 0 Å². The highest BCUT2D eigenvalue weighted by Crippen LogP contribution is 2.29. The first-order valence-electron chi connectivity index (χ1n) is 7.55. The lowest BCUT2D eigenvalue weighted by molar-refractivity contribution is 0.177. The Morgan fingerprint density at radius 3 is 2.70 bits per heavy atom. The van der Waals surface area contributed by atoms with Crippen LogP contribution in [0.1, 0.15) is 25.3 Å². The molecular formula is C18H23NO. The minimum atomic E-state index is 0.827. The summed E-state index contributed by atoms with van der Waals surface area (Å²) in [6, 6.07) is 12.9. The Balaban J connectivity index is 1.92. The second-order valence-electron chi connectivity index (χ2n) is 5.96. The molecule has 0 bridgehead atoms. The number of fused-ring (bicyclic) bond motifs is 1. The molecule has 2 aromatic carbocycles. The average molecular weight is 269 g/mol. The van der Waals surface area contributed by atoms with Gasteiger partial charge < -0.3 is 4.74 Å². The molecule has 0 amide bonds. The van der Waals surface area contributed by atoms with Crippen molar-refractivity contribution < 1.29 is 4.74 Å². The summed E-state index contributed by atoms with van der Waals surface area (Å²) in [5, 5.41) is 2.54. The number of rotatable bonds is 3. The maximum Gasteiger partial charge on any atom is 0.126 e. The van der Waals surface area contributed by atoms with E-state index in [2.05, 4.69) is 48.2 Å². The van der Waals surface area contributed by atoms with Gasteiger partial charge in [-0.15, -0.1) is 0 Å². The fourth-order valence-electron chi connectivity index (χ4n) is 3.32. The first-order valence-corrected chi connectivity index (χ1v) is 7.55. The van der Waals surface area contributed by atoms with Gasteiger partial charge in [0.25, 0.3) is 0 Å².